The van der Waals surface area contributed by atoms with Gasteiger partial charge in [-0.15, -0.1) is 0 Å². The Morgan fingerprint density at radius 2 is 1.33 bits per heavy atom. The zero-order valence-corrected chi connectivity index (χ0v) is 28.2. The van der Waals surface area contributed by atoms with Gasteiger partial charge in [-0.05, 0) is 70.7 Å². The van der Waals surface area contributed by atoms with E-state index in [1.807, 2.05) is 52.0 Å². The molecular formula is C38H43N3O7. The van der Waals surface area contributed by atoms with E-state index in [0.29, 0.717) is 48.9 Å². The van der Waals surface area contributed by atoms with Gasteiger partial charge in [-0.25, -0.2) is 19.7 Å². The first-order valence-electron chi connectivity index (χ1n) is 15.9. The predicted molar refractivity (Wildman–Crippen MR) is 183 cm³/mol. The summed E-state index contributed by atoms with van der Waals surface area (Å²) in [6.07, 6.45) is 1.24. The number of phenols is 1. The van der Waals surface area contributed by atoms with Crippen molar-refractivity contribution in [2.24, 2.45) is 0 Å². The molecule has 0 fully saturated rings. The first kappa shape index (κ1) is 35.9. The van der Waals surface area contributed by atoms with Crippen molar-refractivity contribution in [1.82, 2.24) is 15.0 Å². The van der Waals surface area contributed by atoms with Crippen molar-refractivity contribution in [1.29, 1.82) is 0 Å². The van der Waals surface area contributed by atoms with Crippen molar-refractivity contribution in [3.8, 4) is 45.7 Å². The van der Waals surface area contributed by atoms with Gasteiger partial charge >= 0.3 is 11.9 Å². The first-order valence-corrected chi connectivity index (χ1v) is 15.9. The Bertz CT molecular complexity index is 1720. The number of aromatic hydroxyl groups is 1. The van der Waals surface area contributed by atoms with Crippen LogP contribution in [-0.4, -0.2) is 63.0 Å². The molecule has 0 spiro atoms. The second kappa shape index (κ2) is 16.8. The van der Waals surface area contributed by atoms with E-state index >= 15 is 0 Å². The number of aliphatic hydroxyl groups excluding tert-OH is 1. The third kappa shape index (κ3) is 10.0. The fraction of sp³-hybridized carbons (Fsp3) is 0.342. The molecule has 4 rings (SSSR count). The molecule has 0 aliphatic carbocycles. The van der Waals surface area contributed by atoms with Crippen molar-refractivity contribution in [2.75, 3.05) is 19.8 Å². The van der Waals surface area contributed by atoms with Crippen LogP contribution in [-0.2, 0) is 19.1 Å². The van der Waals surface area contributed by atoms with E-state index in [4.69, 9.17) is 29.2 Å². The van der Waals surface area contributed by atoms with Crippen LogP contribution in [0, 0.1) is 27.7 Å². The van der Waals surface area contributed by atoms with Gasteiger partial charge < -0.3 is 24.4 Å². The highest BCUT2D eigenvalue weighted by atomic mass is 16.5. The number of rotatable bonds is 15. The standard InChI is InChI=1S/C38H43N3O7/c1-23(2)38(45)47-22-28(42)21-46-17-9-7-8-10-34(44)48-29-13-16-32(33(43)20-29)37-40-35(30-14-11-24(3)18-26(30)5)39-36(41-37)31-15-12-25(4)19-27(31)6/h11-16,18-20,28,42-43H,1,7-10,17,21-22H2,2-6H3. The number of phenolic OH excluding ortho intramolecular Hbond substituents is 1. The highest BCUT2D eigenvalue weighted by Gasteiger charge is 2.18. The Morgan fingerprint density at radius 3 is 1.88 bits per heavy atom. The molecule has 4 aromatic rings. The van der Waals surface area contributed by atoms with Gasteiger partial charge in [0.25, 0.3) is 0 Å². The van der Waals surface area contributed by atoms with Crippen molar-refractivity contribution in [3.63, 3.8) is 0 Å². The molecule has 252 valence electrons. The summed E-state index contributed by atoms with van der Waals surface area (Å²) in [6.45, 7) is 13.4. The second-order valence-corrected chi connectivity index (χ2v) is 12.0. The third-order valence-electron chi connectivity index (χ3n) is 7.56. The van der Waals surface area contributed by atoms with Crippen LogP contribution in [0.1, 0.15) is 54.9 Å². The summed E-state index contributed by atoms with van der Waals surface area (Å²) in [5, 5.41) is 20.9. The lowest BCUT2D eigenvalue weighted by atomic mass is 10.0. The molecule has 10 heteroatoms. The van der Waals surface area contributed by atoms with Crippen LogP contribution in [0.5, 0.6) is 11.5 Å². The van der Waals surface area contributed by atoms with Crippen molar-refractivity contribution in [2.45, 2.75) is 66.4 Å². The molecule has 0 amide bonds. The van der Waals surface area contributed by atoms with E-state index in [9.17, 15) is 19.8 Å². The number of carbonyl (C=O) groups excluding carboxylic acids is 2. The minimum atomic E-state index is -0.921. The van der Waals surface area contributed by atoms with E-state index in [2.05, 4.69) is 18.7 Å². The molecule has 0 aliphatic rings. The summed E-state index contributed by atoms with van der Waals surface area (Å²) in [7, 11) is 0. The summed E-state index contributed by atoms with van der Waals surface area (Å²) < 4.78 is 15.8. The first-order chi connectivity index (χ1) is 22.9. The van der Waals surface area contributed by atoms with Gasteiger partial charge in [0.2, 0.25) is 0 Å². The largest absolute Gasteiger partial charge is 0.507 e. The van der Waals surface area contributed by atoms with Gasteiger partial charge in [0.15, 0.2) is 17.5 Å². The van der Waals surface area contributed by atoms with Gasteiger partial charge in [0.05, 0.1) is 12.2 Å². The van der Waals surface area contributed by atoms with Crippen LogP contribution >= 0.6 is 0 Å². The van der Waals surface area contributed by atoms with Crippen molar-refractivity contribution < 1.29 is 34.0 Å². The molecular weight excluding hydrogens is 610 g/mol. The molecule has 48 heavy (non-hydrogen) atoms. The average molecular weight is 654 g/mol. The van der Waals surface area contributed by atoms with Gasteiger partial charge in [0.1, 0.15) is 24.2 Å². The zero-order valence-electron chi connectivity index (χ0n) is 28.2. The molecule has 0 saturated carbocycles. The Labute approximate surface area is 281 Å². The van der Waals surface area contributed by atoms with Crippen LogP contribution in [0.4, 0.5) is 0 Å². The number of esters is 2. The molecule has 0 bridgehead atoms. The molecule has 0 aliphatic heterocycles. The van der Waals surface area contributed by atoms with E-state index in [1.165, 1.54) is 13.0 Å². The number of unbranched alkanes of at least 4 members (excludes halogenated alkanes) is 2. The van der Waals surface area contributed by atoms with E-state index in [-0.39, 0.29) is 36.7 Å². The minimum absolute atomic E-state index is 0.0370. The lowest BCUT2D eigenvalue weighted by molar-refractivity contribution is -0.143. The number of benzene rings is 3. The zero-order chi connectivity index (χ0) is 34.8. The van der Waals surface area contributed by atoms with E-state index < -0.39 is 18.0 Å². The van der Waals surface area contributed by atoms with Crippen LogP contribution in [0.25, 0.3) is 34.2 Å². The minimum Gasteiger partial charge on any atom is -0.507 e. The number of aryl methyl sites for hydroxylation is 4. The van der Waals surface area contributed by atoms with Crippen LogP contribution in [0.3, 0.4) is 0 Å². The number of aliphatic hydroxyl groups is 1. The molecule has 2 N–H and O–H groups in total. The lowest BCUT2D eigenvalue weighted by Gasteiger charge is -2.13. The fourth-order valence-corrected chi connectivity index (χ4v) is 5.03. The highest BCUT2D eigenvalue weighted by Crippen LogP contribution is 2.34. The number of aromatic nitrogens is 3. The third-order valence-corrected chi connectivity index (χ3v) is 7.56. The van der Waals surface area contributed by atoms with Gasteiger partial charge in [0, 0.05) is 35.8 Å². The smallest absolute Gasteiger partial charge is 0.333 e. The SMILES string of the molecule is C=C(C)C(=O)OCC(O)COCCCCCC(=O)Oc1ccc(-c2nc(-c3ccc(C)cc3C)nc(-c3ccc(C)cc3C)n2)c(O)c1. The molecule has 3 aromatic carbocycles. The normalized spacial score (nSPS) is 11.6. The van der Waals surface area contributed by atoms with Gasteiger partial charge in [-0.3, -0.25) is 4.79 Å². The molecule has 1 aromatic heterocycles. The topological polar surface area (TPSA) is 141 Å². The predicted octanol–water partition coefficient (Wildman–Crippen LogP) is 6.77. The molecule has 0 saturated heterocycles. The monoisotopic (exact) mass is 653 g/mol. The van der Waals surface area contributed by atoms with E-state index in [0.717, 1.165) is 33.4 Å². The molecule has 1 atom stereocenters. The average Bonchev–Trinajstić information content (AvgIpc) is 3.03. The summed E-state index contributed by atoms with van der Waals surface area (Å²) in [5.41, 5.74) is 6.69. The maximum atomic E-state index is 12.5. The molecule has 10 nitrogen and oxygen atoms in total. The highest BCUT2D eigenvalue weighted by molar-refractivity contribution is 5.86. The molecule has 0 radical (unpaired) electrons. The van der Waals surface area contributed by atoms with Crippen molar-refractivity contribution in [3.05, 3.63) is 89.0 Å². The van der Waals surface area contributed by atoms with E-state index in [1.54, 1.807) is 12.1 Å². The van der Waals surface area contributed by atoms with Gasteiger partial charge in [-0.1, -0.05) is 60.5 Å². The lowest BCUT2D eigenvalue weighted by Crippen LogP contribution is -2.24. The van der Waals surface area contributed by atoms with Crippen LogP contribution in [0.2, 0.25) is 0 Å². The summed E-state index contributed by atoms with van der Waals surface area (Å²) >= 11 is 0. The maximum Gasteiger partial charge on any atom is 0.333 e. The summed E-state index contributed by atoms with van der Waals surface area (Å²) in [6, 6.07) is 16.8. The summed E-state index contributed by atoms with van der Waals surface area (Å²) in [4.78, 5) is 38.2. The Kier molecular flexibility index (Phi) is 12.5. The number of ether oxygens (including phenoxy) is 3. The van der Waals surface area contributed by atoms with Crippen LogP contribution in [0.15, 0.2) is 66.7 Å². The number of hydrogen-bond acceptors (Lipinski definition) is 10. The maximum absolute atomic E-state index is 12.5. The Morgan fingerprint density at radius 1 is 0.771 bits per heavy atom. The number of nitrogens with zero attached hydrogens (tertiary/aromatic N) is 3. The fourth-order valence-electron chi connectivity index (χ4n) is 5.03. The summed E-state index contributed by atoms with van der Waals surface area (Å²) in [5.74, 6) is 0.392. The quantitative estimate of drug-likeness (QED) is 0.0611. The molecule has 1 heterocycles. The number of carbonyl (C=O) groups is 2. The second-order valence-electron chi connectivity index (χ2n) is 12.0. The Balaban J connectivity index is 1.37. The van der Waals surface area contributed by atoms with Gasteiger partial charge in [-0.2, -0.15) is 0 Å². The number of hydrogen-bond donors (Lipinski definition) is 2. The van der Waals surface area contributed by atoms with Crippen LogP contribution < -0.4 is 4.74 Å². The van der Waals surface area contributed by atoms with Crippen molar-refractivity contribution >= 4 is 11.9 Å². The molecule has 1 unspecified atom stereocenters. The Hall–Kier alpha value is -4.93.